The molecule has 1 amide bonds. The van der Waals surface area contributed by atoms with E-state index in [0.717, 1.165) is 4.31 Å². The van der Waals surface area contributed by atoms with Gasteiger partial charge in [-0.05, 0) is 24.3 Å². The number of sulfonamides is 1. The molecule has 2 heterocycles. The largest absolute Gasteiger partial charge is 0.481 e. The maximum atomic E-state index is 13.0. The second-order valence-electron chi connectivity index (χ2n) is 6.61. The van der Waals surface area contributed by atoms with Crippen molar-refractivity contribution in [2.45, 2.75) is 4.90 Å². The molecule has 10 heteroatoms. The molecule has 0 unspecified atom stereocenters. The van der Waals surface area contributed by atoms with Crippen LogP contribution in [0, 0.1) is 0 Å². The second kappa shape index (κ2) is 8.76. The molecular formula is C19H24N4O5S. The molecule has 1 fully saturated rings. The zero-order valence-electron chi connectivity index (χ0n) is 16.6. The second-order valence-corrected chi connectivity index (χ2v) is 8.76. The minimum absolute atomic E-state index is 0.0533. The molecule has 1 aliphatic rings. The van der Waals surface area contributed by atoms with E-state index >= 15 is 0 Å². The van der Waals surface area contributed by atoms with Crippen LogP contribution < -0.4 is 15.0 Å². The van der Waals surface area contributed by atoms with E-state index in [-0.39, 0.29) is 10.5 Å². The quantitative estimate of drug-likeness (QED) is 0.754. The van der Waals surface area contributed by atoms with E-state index < -0.39 is 15.9 Å². The van der Waals surface area contributed by atoms with Crippen LogP contribution in [0.3, 0.4) is 0 Å². The minimum Gasteiger partial charge on any atom is -0.481 e. The van der Waals surface area contributed by atoms with Gasteiger partial charge in [0.1, 0.15) is 0 Å². The number of aromatic nitrogens is 1. The Kier molecular flexibility index (Phi) is 6.36. The SMILES string of the molecule is COc1ccc(NC(=O)c2cc(S(=O)(=O)N(C)C)ccc2N2CCOCC2)cn1. The van der Waals surface area contributed by atoms with Crippen molar-refractivity contribution in [1.29, 1.82) is 0 Å². The summed E-state index contributed by atoms with van der Waals surface area (Å²) in [7, 11) is 0.730. The van der Waals surface area contributed by atoms with Crippen molar-refractivity contribution < 1.29 is 22.7 Å². The number of nitrogens with one attached hydrogen (secondary N) is 1. The standard InChI is InChI=1S/C19H24N4O5S/c1-22(2)29(25,26)15-5-6-17(23-8-10-28-11-9-23)16(12-15)19(24)21-14-4-7-18(27-3)20-13-14/h4-7,12-13H,8-11H2,1-3H3,(H,21,24). The summed E-state index contributed by atoms with van der Waals surface area (Å²) in [5, 5.41) is 2.77. The van der Waals surface area contributed by atoms with Crippen molar-refractivity contribution in [1.82, 2.24) is 9.29 Å². The van der Waals surface area contributed by atoms with Crippen LogP contribution in [0.1, 0.15) is 10.4 Å². The lowest BCUT2D eigenvalue weighted by atomic mass is 10.1. The number of nitrogens with zero attached hydrogens (tertiary/aromatic N) is 3. The number of ether oxygens (including phenoxy) is 2. The number of methoxy groups -OCH3 is 1. The van der Waals surface area contributed by atoms with Gasteiger partial charge in [0.15, 0.2) is 0 Å². The number of carbonyl (C=O) groups is 1. The first-order valence-electron chi connectivity index (χ1n) is 9.03. The summed E-state index contributed by atoms with van der Waals surface area (Å²) in [5.41, 5.74) is 1.40. The topological polar surface area (TPSA) is 101 Å². The molecule has 1 aromatic carbocycles. The molecule has 29 heavy (non-hydrogen) atoms. The summed E-state index contributed by atoms with van der Waals surface area (Å²) >= 11 is 0. The minimum atomic E-state index is -3.68. The zero-order valence-corrected chi connectivity index (χ0v) is 17.4. The van der Waals surface area contributed by atoms with Gasteiger partial charge in [-0.3, -0.25) is 4.79 Å². The van der Waals surface area contributed by atoms with Gasteiger partial charge in [-0.2, -0.15) is 0 Å². The molecule has 156 valence electrons. The highest BCUT2D eigenvalue weighted by Gasteiger charge is 2.24. The van der Waals surface area contributed by atoms with Gasteiger partial charge in [0.2, 0.25) is 15.9 Å². The average molecular weight is 420 g/mol. The Hall–Kier alpha value is -2.69. The van der Waals surface area contributed by atoms with Gasteiger partial charge < -0.3 is 19.7 Å². The molecule has 1 aliphatic heterocycles. The molecule has 1 aromatic heterocycles. The van der Waals surface area contributed by atoms with Crippen LogP contribution in [0.5, 0.6) is 5.88 Å². The Balaban J connectivity index is 1.98. The number of benzene rings is 1. The van der Waals surface area contributed by atoms with Crippen LogP contribution in [0.25, 0.3) is 0 Å². The van der Waals surface area contributed by atoms with Gasteiger partial charge in [-0.1, -0.05) is 0 Å². The van der Waals surface area contributed by atoms with Gasteiger partial charge in [0.25, 0.3) is 5.91 Å². The molecule has 0 spiro atoms. The van der Waals surface area contributed by atoms with Gasteiger partial charge >= 0.3 is 0 Å². The third kappa shape index (κ3) is 4.66. The van der Waals surface area contributed by atoms with E-state index in [0.29, 0.717) is 43.6 Å². The number of hydrogen-bond acceptors (Lipinski definition) is 7. The third-order valence-electron chi connectivity index (χ3n) is 4.55. The molecule has 0 saturated carbocycles. The summed E-state index contributed by atoms with van der Waals surface area (Å²) in [6, 6.07) is 7.89. The fourth-order valence-corrected chi connectivity index (χ4v) is 3.85. The number of carbonyl (C=O) groups excluding carboxylic acids is 1. The Morgan fingerprint density at radius 3 is 2.52 bits per heavy atom. The first kappa shape index (κ1) is 21.0. The van der Waals surface area contributed by atoms with Crippen LogP contribution in [0.2, 0.25) is 0 Å². The molecule has 3 rings (SSSR count). The van der Waals surface area contributed by atoms with E-state index in [4.69, 9.17) is 9.47 Å². The lowest BCUT2D eigenvalue weighted by molar-refractivity contribution is 0.102. The van der Waals surface area contributed by atoms with E-state index in [9.17, 15) is 13.2 Å². The van der Waals surface area contributed by atoms with Crippen molar-refractivity contribution in [3.8, 4) is 5.88 Å². The van der Waals surface area contributed by atoms with E-state index in [2.05, 4.69) is 10.3 Å². The summed E-state index contributed by atoms with van der Waals surface area (Å²) in [4.78, 5) is 19.2. The van der Waals surface area contributed by atoms with Crippen LogP contribution >= 0.6 is 0 Å². The Bertz CT molecular complexity index is 971. The summed E-state index contributed by atoms with van der Waals surface area (Å²) < 4.78 is 36.6. The molecular weight excluding hydrogens is 396 g/mol. The van der Waals surface area contributed by atoms with Crippen molar-refractivity contribution in [3.05, 3.63) is 42.1 Å². The number of morpholine rings is 1. The molecule has 0 aliphatic carbocycles. The van der Waals surface area contributed by atoms with Gasteiger partial charge in [-0.15, -0.1) is 0 Å². The number of amides is 1. The van der Waals surface area contributed by atoms with Crippen LogP contribution in [0.15, 0.2) is 41.4 Å². The monoisotopic (exact) mass is 420 g/mol. The van der Waals surface area contributed by atoms with Crippen LogP contribution in [-0.4, -0.2) is 71.1 Å². The Morgan fingerprint density at radius 2 is 1.93 bits per heavy atom. The fourth-order valence-electron chi connectivity index (χ4n) is 2.92. The Labute approximate surface area is 170 Å². The lowest BCUT2D eigenvalue weighted by Gasteiger charge is -2.30. The van der Waals surface area contributed by atoms with Gasteiger partial charge in [0.05, 0.1) is 42.7 Å². The molecule has 1 N–H and O–H groups in total. The van der Waals surface area contributed by atoms with E-state index in [1.165, 1.54) is 39.5 Å². The maximum Gasteiger partial charge on any atom is 0.257 e. The molecule has 1 saturated heterocycles. The maximum absolute atomic E-state index is 13.0. The van der Waals surface area contributed by atoms with Crippen molar-refractivity contribution in [3.63, 3.8) is 0 Å². The molecule has 0 radical (unpaired) electrons. The predicted octanol–water partition coefficient (Wildman–Crippen LogP) is 1.43. The number of rotatable bonds is 6. The van der Waals surface area contributed by atoms with Crippen molar-refractivity contribution in [2.75, 3.05) is 57.7 Å². The molecule has 2 aromatic rings. The average Bonchev–Trinajstić information content (AvgIpc) is 2.74. The number of anilines is 2. The fraction of sp³-hybridized carbons (Fsp3) is 0.368. The van der Waals surface area contributed by atoms with Crippen LogP contribution in [0.4, 0.5) is 11.4 Å². The first-order chi connectivity index (χ1) is 13.8. The molecule has 0 atom stereocenters. The predicted molar refractivity (Wildman–Crippen MR) is 109 cm³/mol. The number of hydrogen-bond donors (Lipinski definition) is 1. The lowest BCUT2D eigenvalue weighted by Crippen LogP contribution is -2.37. The summed E-state index contributed by atoms with van der Waals surface area (Å²) in [6.07, 6.45) is 1.48. The molecule has 9 nitrogen and oxygen atoms in total. The smallest absolute Gasteiger partial charge is 0.257 e. The van der Waals surface area contributed by atoms with Crippen molar-refractivity contribution in [2.24, 2.45) is 0 Å². The van der Waals surface area contributed by atoms with Gasteiger partial charge in [0, 0.05) is 38.9 Å². The van der Waals surface area contributed by atoms with E-state index in [1.807, 2.05) is 4.90 Å². The van der Waals surface area contributed by atoms with Crippen molar-refractivity contribution >= 4 is 27.3 Å². The Morgan fingerprint density at radius 1 is 1.21 bits per heavy atom. The normalized spacial score (nSPS) is 14.7. The number of pyridine rings is 1. The summed E-state index contributed by atoms with van der Waals surface area (Å²) in [6.45, 7) is 2.32. The van der Waals surface area contributed by atoms with Crippen LogP contribution in [-0.2, 0) is 14.8 Å². The molecule has 0 bridgehead atoms. The highest BCUT2D eigenvalue weighted by molar-refractivity contribution is 7.89. The zero-order chi connectivity index (χ0) is 21.0. The highest BCUT2D eigenvalue weighted by atomic mass is 32.2. The third-order valence-corrected chi connectivity index (χ3v) is 6.36. The van der Waals surface area contributed by atoms with E-state index in [1.54, 1.807) is 18.2 Å². The first-order valence-corrected chi connectivity index (χ1v) is 10.5. The van der Waals surface area contributed by atoms with Gasteiger partial charge in [-0.25, -0.2) is 17.7 Å². The highest BCUT2D eigenvalue weighted by Crippen LogP contribution is 2.27. The summed E-state index contributed by atoms with van der Waals surface area (Å²) in [5.74, 6) is 0.00495.